The minimum absolute atomic E-state index is 0.259. The highest BCUT2D eigenvalue weighted by Gasteiger charge is 2.11. The number of furan rings is 1. The second-order valence-electron chi connectivity index (χ2n) is 4.54. The topological polar surface area (TPSA) is 47.5 Å². The molecule has 0 radical (unpaired) electrons. The van der Waals surface area contributed by atoms with Crippen molar-refractivity contribution in [1.82, 2.24) is 4.57 Å². The molecule has 2 heterocycles. The molecule has 0 aliphatic rings. The van der Waals surface area contributed by atoms with Gasteiger partial charge in [0, 0.05) is 16.8 Å². The Kier molecular flexibility index (Phi) is 4.85. The third kappa shape index (κ3) is 3.21. The summed E-state index contributed by atoms with van der Waals surface area (Å²) in [6, 6.07) is 9.41. The van der Waals surface area contributed by atoms with Gasteiger partial charge in [-0.05, 0) is 36.6 Å². The van der Waals surface area contributed by atoms with Gasteiger partial charge in [0.15, 0.2) is 10.6 Å². The zero-order chi connectivity index (χ0) is 15.5. The highest BCUT2D eigenvalue weighted by molar-refractivity contribution is 9.10. The van der Waals surface area contributed by atoms with Gasteiger partial charge in [0.25, 0.3) is 0 Å². The van der Waals surface area contributed by atoms with Gasteiger partial charge in [-0.3, -0.25) is 4.79 Å². The number of amides is 1. The number of thioether (sulfide) groups is 1. The third-order valence-electron chi connectivity index (χ3n) is 3.09. The molecule has 22 heavy (non-hydrogen) atoms. The van der Waals surface area contributed by atoms with Crippen LogP contribution in [0.1, 0.15) is 10.6 Å². The van der Waals surface area contributed by atoms with Crippen LogP contribution in [0.5, 0.6) is 0 Å². The Labute approximate surface area is 144 Å². The number of carbonyl (C=O) groups is 1. The van der Waals surface area contributed by atoms with Crippen LogP contribution in [0.15, 0.2) is 50.5 Å². The standard InChI is InChI=1S/C15H13BrN2O2S2/c1-21-8-6-18-11-5-4-10(16)9-13(11)22-15(18)17-14(19)12-3-2-7-20-12/h2-5,7,9H,6,8H2,1H3. The van der Waals surface area contributed by atoms with Crippen LogP contribution in [-0.2, 0) is 6.54 Å². The van der Waals surface area contributed by atoms with Crippen LogP contribution in [0.2, 0.25) is 0 Å². The van der Waals surface area contributed by atoms with E-state index >= 15 is 0 Å². The maximum absolute atomic E-state index is 12.2. The third-order valence-corrected chi connectivity index (χ3v) is 5.22. The summed E-state index contributed by atoms with van der Waals surface area (Å²) in [6.07, 6.45) is 3.54. The van der Waals surface area contributed by atoms with Gasteiger partial charge in [0.1, 0.15) is 0 Å². The lowest BCUT2D eigenvalue weighted by atomic mass is 10.3. The molecular weight excluding hydrogens is 384 g/mol. The number of aromatic nitrogens is 1. The number of carbonyl (C=O) groups excluding carboxylic acids is 1. The lowest BCUT2D eigenvalue weighted by Gasteiger charge is -2.03. The van der Waals surface area contributed by atoms with Crippen molar-refractivity contribution >= 4 is 55.2 Å². The van der Waals surface area contributed by atoms with Crippen LogP contribution >= 0.6 is 39.0 Å². The van der Waals surface area contributed by atoms with Crippen LogP contribution in [0.25, 0.3) is 10.2 Å². The monoisotopic (exact) mass is 396 g/mol. The molecule has 0 unspecified atom stereocenters. The van der Waals surface area contributed by atoms with Gasteiger partial charge in [0.2, 0.25) is 0 Å². The Morgan fingerprint density at radius 2 is 2.32 bits per heavy atom. The van der Waals surface area contributed by atoms with Crippen LogP contribution in [0, 0.1) is 0 Å². The fourth-order valence-corrected chi connectivity index (χ4v) is 4.04. The quantitative estimate of drug-likeness (QED) is 0.664. The Bertz CT molecular complexity index is 865. The normalized spacial score (nSPS) is 12.2. The molecule has 0 atom stereocenters. The number of halogens is 1. The first-order valence-electron chi connectivity index (χ1n) is 6.59. The van der Waals surface area contributed by atoms with Crippen LogP contribution in [0.4, 0.5) is 0 Å². The molecule has 0 fully saturated rings. The zero-order valence-corrected chi connectivity index (χ0v) is 15.0. The number of thiazole rings is 1. The smallest absolute Gasteiger partial charge is 0.315 e. The first-order chi connectivity index (χ1) is 10.7. The molecule has 0 saturated heterocycles. The number of benzene rings is 1. The van der Waals surface area contributed by atoms with E-state index in [1.807, 2.05) is 18.2 Å². The highest BCUT2D eigenvalue weighted by Crippen LogP contribution is 2.22. The minimum atomic E-state index is -0.353. The Balaban J connectivity index is 2.12. The second kappa shape index (κ2) is 6.85. The molecule has 1 aromatic carbocycles. The molecule has 3 rings (SSSR count). The summed E-state index contributed by atoms with van der Waals surface area (Å²) in [4.78, 5) is 17.1. The summed E-state index contributed by atoms with van der Waals surface area (Å²) in [7, 11) is 0. The summed E-state index contributed by atoms with van der Waals surface area (Å²) >= 11 is 6.76. The van der Waals surface area contributed by atoms with Crippen molar-refractivity contribution in [3.63, 3.8) is 0 Å². The molecule has 0 bridgehead atoms. The molecule has 114 valence electrons. The number of hydrogen-bond acceptors (Lipinski definition) is 4. The molecule has 7 heteroatoms. The Hall–Kier alpha value is -1.31. The van der Waals surface area contributed by atoms with Crippen molar-refractivity contribution in [3.8, 4) is 0 Å². The van der Waals surface area contributed by atoms with E-state index < -0.39 is 0 Å². The lowest BCUT2D eigenvalue weighted by molar-refractivity contribution is 0.0971. The van der Waals surface area contributed by atoms with Crippen molar-refractivity contribution in [1.29, 1.82) is 0 Å². The Morgan fingerprint density at radius 3 is 3.05 bits per heavy atom. The molecular formula is C15H13BrN2O2S2. The fraction of sp³-hybridized carbons (Fsp3) is 0.200. The molecule has 1 amide bonds. The van der Waals surface area contributed by atoms with Crippen molar-refractivity contribution in [3.05, 3.63) is 51.6 Å². The predicted molar refractivity (Wildman–Crippen MR) is 94.5 cm³/mol. The summed E-state index contributed by atoms with van der Waals surface area (Å²) in [6.45, 7) is 0.813. The van der Waals surface area contributed by atoms with Gasteiger partial charge >= 0.3 is 5.91 Å². The number of hydrogen-bond donors (Lipinski definition) is 0. The summed E-state index contributed by atoms with van der Waals surface area (Å²) in [5.74, 6) is 0.868. The van der Waals surface area contributed by atoms with E-state index in [9.17, 15) is 4.79 Å². The SMILES string of the molecule is CSCCn1c(=NC(=O)c2ccco2)sc2cc(Br)ccc21. The van der Waals surface area contributed by atoms with E-state index in [1.54, 1.807) is 23.9 Å². The van der Waals surface area contributed by atoms with Crippen molar-refractivity contribution in [2.45, 2.75) is 6.54 Å². The first-order valence-corrected chi connectivity index (χ1v) is 9.60. The van der Waals surface area contributed by atoms with E-state index in [0.29, 0.717) is 4.80 Å². The number of aryl methyl sites for hydroxylation is 1. The van der Waals surface area contributed by atoms with Gasteiger partial charge in [0.05, 0.1) is 16.5 Å². The van der Waals surface area contributed by atoms with E-state index in [1.165, 1.54) is 17.6 Å². The Morgan fingerprint density at radius 1 is 1.45 bits per heavy atom. The van der Waals surface area contributed by atoms with Gasteiger partial charge in [-0.15, -0.1) is 0 Å². The number of fused-ring (bicyclic) bond motifs is 1. The van der Waals surface area contributed by atoms with E-state index in [4.69, 9.17) is 4.42 Å². The highest BCUT2D eigenvalue weighted by atomic mass is 79.9. The lowest BCUT2D eigenvalue weighted by Crippen LogP contribution is -2.18. The average Bonchev–Trinajstić information content (AvgIpc) is 3.12. The minimum Gasteiger partial charge on any atom is -0.459 e. The summed E-state index contributed by atoms with van der Waals surface area (Å²) in [5, 5.41) is 0. The van der Waals surface area contributed by atoms with Gasteiger partial charge in [-0.25, -0.2) is 0 Å². The summed E-state index contributed by atoms with van der Waals surface area (Å²) in [5.41, 5.74) is 1.09. The average molecular weight is 397 g/mol. The van der Waals surface area contributed by atoms with Gasteiger partial charge in [-0.2, -0.15) is 16.8 Å². The predicted octanol–water partition coefficient (Wildman–Crippen LogP) is 4.16. The maximum atomic E-state index is 12.2. The second-order valence-corrected chi connectivity index (χ2v) is 7.45. The van der Waals surface area contributed by atoms with E-state index in [2.05, 4.69) is 31.7 Å². The molecule has 0 N–H and O–H groups in total. The molecule has 0 aliphatic heterocycles. The van der Waals surface area contributed by atoms with E-state index in [-0.39, 0.29) is 11.7 Å². The largest absolute Gasteiger partial charge is 0.459 e. The van der Waals surface area contributed by atoms with Crippen LogP contribution in [-0.4, -0.2) is 22.5 Å². The van der Waals surface area contributed by atoms with E-state index in [0.717, 1.165) is 27.0 Å². The van der Waals surface area contributed by atoms with Gasteiger partial charge < -0.3 is 8.98 Å². The number of rotatable bonds is 4. The fourth-order valence-electron chi connectivity index (χ4n) is 2.07. The van der Waals surface area contributed by atoms with Crippen molar-refractivity contribution < 1.29 is 9.21 Å². The first kappa shape index (κ1) is 15.6. The summed E-state index contributed by atoms with van der Waals surface area (Å²) < 4.78 is 9.32. The van der Waals surface area contributed by atoms with Crippen LogP contribution < -0.4 is 4.80 Å². The number of nitrogens with zero attached hydrogens (tertiary/aromatic N) is 2. The molecule has 4 nitrogen and oxygen atoms in total. The molecule has 0 spiro atoms. The van der Waals surface area contributed by atoms with Crippen molar-refractivity contribution in [2.75, 3.05) is 12.0 Å². The molecule has 2 aromatic heterocycles. The zero-order valence-electron chi connectivity index (χ0n) is 11.8. The maximum Gasteiger partial charge on any atom is 0.315 e. The van der Waals surface area contributed by atoms with Crippen LogP contribution in [0.3, 0.4) is 0 Å². The molecule has 0 saturated carbocycles. The molecule has 0 aliphatic carbocycles. The van der Waals surface area contributed by atoms with Crippen molar-refractivity contribution in [2.24, 2.45) is 4.99 Å². The molecule has 3 aromatic rings. The van der Waals surface area contributed by atoms with Gasteiger partial charge in [-0.1, -0.05) is 27.3 Å².